The van der Waals surface area contributed by atoms with E-state index < -0.39 is 0 Å². The highest BCUT2D eigenvalue weighted by Crippen LogP contribution is 2.14. The van der Waals surface area contributed by atoms with Gasteiger partial charge in [0, 0.05) is 38.9 Å². The third-order valence-electron chi connectivity index (χ3n) is 3.00. The first-order valence-electron chi connectivity index (χ1n) is 6.37. The normalized spacial score (nSPS) is 12.5. The van der Waals surface area contributed by atoms with Crippen molar-refractivity contribution in [3.05, 3.63) is 29.8 Å². The lowest BCUT2D eigenvalue weighted by Gasteiger charge is -2.17. The van der Waals surface area contributed by atoms with Crippen LogP contribution in [0, 0.1) is 0 Å². The molecule has 0 bridgehead atoms. The van der Waals surface area contributed by atoms with Gasteiger partial charge < -0.3 is 16.0 Å². The summed E-state index contributed by atoms with van der Waals surface area (Å²) in [6.07, 6.45) is 2.21. The lowest BCUT2D eigenvalue weighted by atomic mass is 10.0. The van der Waals surface area contributed by atoms with Crippen LogP contribution < -0.4 is 16.0 Å². The SMILES string of the molecule is CCC(Cc1ccc(N(C)C)cc1)NCCN. The van der Waals surface area contributed by atoms with Gasteiger partial charge in [0.05, 0.1) is 0 Å². The molecular weight excluding hydrogens is 210 g/mol. The van der Waals surface area contributed by atoms with Crippen LogP contribution in [-0.4, -0.2) is 33.2 Å². The molecule has 0 radical (unpaired) electrons. The molecule has 1 atom stereocenters. The highest BCUT2D eigenvalue weighted by molar-refractivity contribution is 5.46. The van der Waals surface area contributed by atoms with E-state index >= 15 is 0 Å². The molecular formula is C14H25N3. The molecule has 1 aromatic carbocycles. The summed E-state index contributed by atoms with van der Waals surface area (Å²) in [6.45, 7) is 3.81. The van der Waals surface area contributed by atoms with Gasteiger partial charge >= 0.3 is 0 Å². The zero-order valence-corrected chi connectivity index (χ0v) is 11.2. The molecule has 1 unspecified atom stereocenters. The second-order valence-corrected chi connectivity index (χ2v) is 4.61. The third-order valence-corrected chi connectivity index (χ3v) is 3.00. The van der Waals surface area contributed by atoms with Gasteiger partial charge in [-0.25, -0.2) is 0 Å². The molecule has 3 heteroatoms. The average molecular weight is 235 g/mol. The Hall–Kier alpha value is -1.06. The van der Waals surface area contributed by atoms with Gasteiger partial charge in [0.25, 0.3) is 0 Å². The fourth-order valence-corrected chi connectivity index (χ4v) is 1.86. The quantitative estimate of drug-likeness (QED) is 0.754. The van der Waals surface area contributed by atoms with Gasteiger partial charge in [0.2, 0.25) is 0 Å². The van der Waals surface area contributed by atoms with Gasteiger partial charge in [-0.05, 0) is 30.5 Å². The van der Waals surface area contributed by atoms with E-state index in [0.717, 1.165) is 19.4 Å². The van der Waals surface area contributed by atoms with E-state index in [0.29, 0.717) is 12.6 Å². The minimum atomic E-state index is 0.531. The first-order chi connectivity index (χ1) is 8.17. The Balaban J connectivity index is 2.54. The molecule has 1 rings (SSSR count). The van der Waals surface area contributed by atoms with Crippen molar-refractivity contribution in [2.24, 2.45) is 5.73 Å². The molecule has 0 aliphatic heterocycles. The van der Waals surface area contributed by atoms with Gasteiger partial charge in [-0.3, -0.25) is 0 Å². The van der Waals surface area contributed by atoms with Crippen LogP contribution in [-0.2, 0) is 6.42 Å². The van der Waals surface area contributed by atoms with E-state index in [1.165, 1.54) is 11.3 Å². The van der Waals surface area contributed by atoms with Crippen LogP contribution in [0.25, 0.3) is 0 Å². The van der Waals surface area contributed by atoms with Crippen LogP contribution >= 0.6 is 0 Å². The number of hydrogen-bond donors (Lipinski definition) is 2. The van der Waals surface area contributed by atoms with Crippen molar-refractivity contribution in [2.45, 2.75) is 25.8 Å². The Morgan fingerprint density at radius 3 is 2.35 bits per heavy atom. The molecule has 0 amide bonds. The number of nitrogens with zero attached hydrogens (tertiary/aromatic N) is 1. The summed E-state index contributed by atoms with van der Waals surface area (Å²) >= 11 is 0. The Morgan fingerprint density at radius 1 is 1.24 bits per heavy atom. The summed E-state index contributed by atoms with van der Waals surface area (Å²) < 4.78 is 0. The van der Waals surface area contributed by atoms with Crippen LogP contribution in [0.5, 0.6) is 0 Å². The minimum Gasteiger partial charge on any atom is -0.378 e. The monoisotopic (exact) mass is 235 g/mol. The molecule has 17 heavy (non-hydrogen) atoms. The number of anilines is 1. The maximum Gasteiger partial charge on any atom is 0.0361 e. The number of nitrogens with one attached hydrogen (secondary N) is 1. The lowest BCUT2D eigenvalue weighted by molar-refractivity contribution is 0.502. The molecule has 0 aromatic heterocycles. The fourth-order valence-electron chi connectivity index (χ4n) is 1.86. The van der Waals surface area contributed by atoms with E-state index in [1.54, 1.807) is 0 Å². The van der Waals surface area contributed by atoms with Crippen molar-refractivity contribution in [3.8, 4) is 0 Å². The average Bonchev–Trinajstić information content (AvgIpc) is 2.35. The van der Waals surface area contributed by atoms with Crippen molar-refractivity contribution in [2.75, 3.05) is 32.1 Å². The molecule has 0 aliphatic rings. The van der Waals surface area contributed by atoms with Gasteiger partial charge in [-0.15, -0.1) is 0 Å². The van der Waals surface area contributed by atoms with Crippen LogP contribution in [0.1, 0.15) is 18.9 Å². The zero-order chi connectivity index (χ0) is 12.7. The van der Waals surface area contributed by atoms with Crippen molar-refractivity contribution in [1.29, 1.82) is 0 Å². The molecule has 0 heterocycles. The van der Waals surface area contributed by atoms with Crippen LogP contribution in [0.4, 0.5) is 5.69 Å². The standard InChI is InChI=1S/C14H25N3/c1-4-13(16-10-9-15)11-12-5-7-14(8-6-12)17(2)3/h5-8,13,16H,4,9-11,15H2,1-3H3. The summed E-state index contributed by atoms with van der Waals surface area (Å²) in [5, 5.41) is 3.47. The summed E-state index contributed by atoms with van der Waals surface area (Å²) in [4.78, 5) is 2.12. The first-order valence-corrected chi connectivity index (χ1v) is 6.37. The maximum atomic E-state index is 5.51. The lowest BCUT2D eigenvalue weighted by Crippen LogP contribution is -2.34. The molecule has 0 aliphatic carbocycles. The van der Waals surface area contributed by atoms with E-state index in [4.69, 9.17) is 5.73 Å². The van der Waals surface area contributed by atoms with Crippen LogP contribution in [0.2, 0.25) is 0 Å². The minimum absolute atomic E-state index is 0.531. The molecule has 1 aromatic rings. The third kappa shape index (κ3) is 4.75. The van der Waals surface area contributed by atoms with Gasteiger partial charge in [-0.2, -0.15) is 0 Å². The number of hydrogen-bond acceptors (Lipinski definition) is 3. The van der Waals surface area contributed by atoms with Gasteiger partial charge in [0.15, 0.2) is 0 Å². The van der Waals surface area contributed by atoms with E-state index in [-0.39, 0.29) is 0 Å². The van der Waals surface area contributed by atoms with E-state index in [9.17, 15) is 0 Å². The summed E-state index contributed by atoms with van der Waals surface area (Å²) in [6, 6.07) is 9.30. The number of nitrogens with two attached hydrogens (primary N) is 1. The van der Waals surface area contributed by atoms with Crippen LogP contribution in [0.15, 0.2) is 24.3 Å². The predicted molar refractivity (Wildman–Crippen MR) is 75.6 cm³/mol. The largest absolute Gasteiger partial charge is 0.378 e. The highest BCUT2D eigenvalue weighted by Gasteiger charge is 2.06. The van der Waals surface area contributed by atoms with Gasteiger partial charge in [0.1, 0.15) is 0 Å². The Bertz CT molecular complexity index is 306. The molecule has 0 saturated carbocycles. The number of benzene rings is 1. The van der Waals surface area contributed by atoms with Crippen molar-refractivity contribution in [3.63, 3.8) is 0 Å². The molecule has 0 spiro atoms. The van der Waals surface area contributed by atoms with Crippen molar-refractivity contribution >= 4 is 5.69 Å². The summed E-state index contributed by atoms with van der Waals surface area (Å²) in [7, 11) is 4.12. The second kappa shape index (κ2) is 7.30. The van der Waals surface area contributed by atoms with Crippen molar-refractivity contribution in [1.82, 2.24) is 5.32 Å². The smallest absolute Gasteiger partial charge is 0.0361 e. The van der Waals surface area contributed by atoms with E-state index in [1.807, 2.05) is 0 Å². The maximum absolute atomic E-state index is 5.51. The molecule has 96 valence electrons. The first kappa shape index (κ1) is 14.0. The zero-order valence-electron chi connectivity index (χ0n) is 11.2. The van der Waals surface area contributed by atoms with Crippen LogP contribution in [0.3, 0.4) is 0 Å². The fraction of sp³-hybridized carbons (Fsp3) is 0.571. The number of rotatable bonds is 7. The van der Waals surface area contributed by atoms with Crippen molar-refractivity contribution < 1.29 is 0 Å². The molecule has 0 saturated heterocycles. The predicted octanol–water partition coefficient (Wildman–Crippen LogP) is 1.62. The van der Waals surface area contributed by atoms with E-state index in [2.05, 4.69) is 55.5 Å². The Morgan fingerprint density at radius 2 is 1.88 bits per heavy atom. The molecule has 3 nitrogen and oxygen atoms in total. The Labute approximate surface area is 105 Å². The molecule has 0 fully saturated rings. The highest BCUT2D eigenvalue weighted by atomic mass is 15.1. The molecule has 3 N–H and O–H groups in total. The topological polar surface area (TPSA) is 41.3 Å². The summed E-state index contributed by atoms with van der Waals surface area (Å²) in [5.74, 6) is 0. The van der Waals surface area contributed by atoms with Gasteiger partial charge in [-0.1, -0.05) is 19.1 Å². The second-order valence-electron chi connectivity index (χ2n) is 4.61. The summed E-state index contributed by atoms with van der Waals surface area (Å²) in [5.41, 5.74) is 8.14. The Kier molecular flexibility index (Phi) is 6.01.